The molecule has 36 heavy (non-hydrogen) atoms. The summed E-state index contributed by atoms with van der Waals surface area (Å²) in [5.41, 5.74) is 3.72. The van der Waals surface area contributed by atoms with Gasteiger partial charge in [0.15, 0.2) is 5.69 Å². The van der Waals surface area contributed by atoms with Crippen molar-refractivity contribution in [3.8, 4) is 11.1 Å². The van der Waals surface area contributed by atoms with Crippen molar-refractivity contribution in [1.29, 1.82) is 0 Å². The summed E-state index contributed by atoms with van der Waals surface area (Å²) < 4.78 is 0. The quantitative estimate of drug-likeness (QED) is 0.563. The number of benzene rings is 2. The van der Waals surface area contributed by atoms with Crippen LogP contribution in [0.1, 0.15) is 55.4 Å². The Morgan fingerprint density at radius 2 is 1.58 bits per heavy atom. The number of carbonyl (C=O) groups is 2. The molecule has 2 saturated heterocycles. The molecule has 3 heterocycles. The van der Waals surface area contributed by atoms with Gasteiger partial charge in [0.05, 0.1) is 5.52 Å². The van der Waals surface area contributed by atoms with Crippen molar-refractivity contribution in [3.05, 3.63) is 54.2 Å². The van der Waals surface area contributed by atoms with Crippen LogP contribution in [-0.4, -0.2) is 58.0 Å². The number of carbonyl (C=O) groups excluding carboxylic acids is 2. The van der Waals surface area contributed by atoms with E-state index in [2.05, 4.69) is 39.4 Å². The summed E-state index contributed by atoms with van der Waals surface area (Å²) in [7, 11) is 0. The molecule has 3 unspecified atom stereocenters. The zero-order chi connectivity index (χ0) is 24.3. The van der Waals surface area contributed by atoms with Crippen molar-refractivity contribution in [2.24, 2.45) is 23.2 Å². The molecule has 6 heteroatoms. The predicted octanol–water partition coefficient (Wildman–Crippen LogP) is 5.12. The zero-order valence-electron chi connectivity index (χ0n) is 20.8. The summed E-state index contributed by atoms with van der Waals surface area (Å²) in [5.74, 6) is 2.03. The van der Waals surface area contributed by atoms with Gasteiger partial charge in [-0.15, -0.1) is 0 Å². The fourth-order valence-electron chi connectivity index (χ4n) is 7.65. The standard InChI is InChI=1S/C30H34N4O2/c35-28(24-12-6-10-21-9-4-5-11-23(21)24)33-16-30(17-33)18-34(19-30)29(36)27-25-14-13-22(15-26(25)31-32-27)20-7-2-1-3-8-20/h1-3,7-8,13-15,21,23-24H,4-6,9-12,16-19H2,(H,31,32). The number of aromatic nitrogens is 2. The van der Waals surface area contributed by atoms with Crippen LogP contribution in [0, 0.1) is 23.2 Å². The van der Waals surface area contributed by atoms with Gasteiger partial charge in [-0.1, -0.05) is 68.5 Å². The molecule has 2 amide bonds. The van der Waals surface area contributed by atoms with Gasteiger partial charge in [-0.3, -0.25) is 14.7 Å². The maximum atomic E-state index is 13.4. The highest BCUT2D eigenvalue weighted by Gasteiger charge is 2.56. The molecule has 3 atom stereocenters. The maximum Gasteiger partial charge on any atom is 0.275 e. The molecule has 186 valence electrons. The molecule has 4 aliphatic rings. The summed E-state index contributed by atoms with van der Waals surface area (Å²) >= 11 is 0. The van der Waals surface area contributed by atoms with Crippen molar-refractivity contribution in [2.75, 3.05) is 26.2 Å². The van der Waals surface area contributed by atoms with Gasteiger partial charge < -0.3 is 9.80 Å². The maximum absolute atomic E-state index is 13.4. The number of aromatic amines is 1. The summed E-state index contributed by atoms with van der Waals surface area (Å²) in [4.78, 5) is 30.6. The van der Waals surface area contributed by atoms with E-state index in [1.54, 1.807) is 0 Å². The lowest BCUT2D eigenvalue weighted by atomic mass is 9.64. The molecule has 2 saturated carbocycles. The van der Waals surface area contributed by atoms with Crippen LogP contribution in [0.5, 0.6) is 0 Å². The van der Waals surface area contributed by atoms with Crippen LogP contribution in [-0.2, 0) is 4.79 Å². The molecule has 2 aliphatic carbocycles. The van der Waals surface area contributed by atoms with Gasteiger partial charge in [0, 0.05) is 42.9 Å². The Morgan fingerprint density at radius 3 is 2.42 bits per heavy atom. The third-order valence-electron chi connectivity index (χ3n) is 9.47. The highest BCUT2D eigenvalue weighted by molar-refractivity contribution is 6.05. The molecule has 0 radical (unpaired) electrons. The average molecular weight is 483 g/mol. The van der Waals surface area contributed by atoms with E-state index in [4.69, 9.17) is 0 Å². The highest BCUT2D eigenvalue weighted by Crippen LogP contribution is 2.47. The molecular formula is C30H34N4O2. The normalized spacial score (nSPS) is 26.8. The fraction of sp³-hybridized carbons (Fsp3) is 0.500. The number of fused-ring (bicyclic) bond motifs is 2. The van der Waals surface area contributed by atoms with Gasteiger partial charge in [-0.25, -0.2) is 0 Å². The van der Waals surface area contributed by atoms with Crippen molar-refractivity contribution in [3.63, 3.8) is 0 Å². The first kappa shape index (κ1) is 22.1. The van der Waals surface area contributed by atoms with Gasteiger partial charge in [0.2, 0.25) is 5.91 Å². The van der Waals surface area contributed by atoms with E-state index < -0.39 is 0 Å². The lowest BCUT2D eigenvalue weighted by molar-refractivity contribution is -0.163. The second-order valence-electron chi connectivity index (χ2n) is 11.8. The summed E-state index contributed by atoms with van der Waals surface area (Å²) in [6.07, 6.45) is 8.82. The first-order valence-electron chi connectivity index (χ1n) is 13.7. The molecular weight excluding hydrogens is 448 g/mol. The molecule has 0 bridgehead atoms. The topological polar surface area (TPSA) is 69.3 Å². The lowest BCUT2D eigenvalue weighted by Crippen LogP contribution is -2.74. The van der Waals surface area contributed by atoms with E-state index in [9.17, 15) is 9.59 Å². The number of hydrogen-bond donors (Lipinski definition) is 1. The Morgan fingerprint density at radius 1 is 0.833 bits per heavy atom. The number of amides is 2. The third-order valence-corrected chi connectivity index (χ3v) is 9.47. The first-order chi connectivity index (χ1) is 17.6. The number of nitrogens with one attached hydrogen (secondary N) is 1. The molecule has 7 rings (SSSR count). The Labute approximate surface area is 212 Å². The summed E-state index contributed by atoms with van der Waals surface area (Å²) in [6, 6.07) is 16.3. The minimum absolute atomic E-state index is 0.0126. The van der Waals surface area contributed by atoms with Crippen molar-refractivity contribution >= 4 is 22.7 Å². The van der Waals surface area contributed by atoms with E-state index >= 15 is 0 Å². The van der Waals surface area contributed by atoms with E-state index in [-0.39, 0.29) is 17.2 Å². The van der Waals surface area contributed by atoms with Crippen LogP contribution in [0.3, 0.4) is 0 Å². The van der Waals surface area contributed by atoms with E-state index in [1.165, 1.54) is 38.5 Å². The second-order valence-corrected chi connectivity index (χ2v) is 11.8. The minimum Gasteiger partial charge on any atom is -0.341 e. The van der Waals surface area contributed by atoms with Crippen LogP contribution in [0.4, 0.5) is 0 Å². The van der Waals surface area contributed by atoms with Gasteiger partial charge in [-0.2, -0.15) is 5.10 Å². The summed E-state index contributed by atoms with van der Waals surface area (Å²) in [5, 5.41) is 8.31. The third kappa shape index (κ3) is 3.56. The van der Waals surface area contributed by atoms with Crippen LogP contribution in [0.25, 0.3) is 22.0 Å². The van der Waals surface area contributed by atoms with Crippen LogP contribution in [0.2, 0.25) is 0 Å². The molecule has 4 fully saturated rings. The minimum atomic E-state index is -0.0126. The Kier molecular flexibility index (Phi) is 5.19. The predicted molar refractivity (Wildman–Crippen MR) is 139 cm³/mol. The molecule has 1 spiro atoms. The Hall–Kier alpha value is -3.15. The second kappa shape index (κ2) is 8.46. The number of rotatable bonds is 3. The van der Waals surface area contributed by atoms with E-state index in [1.807, 2.05) is 29.2 Å². The number of hydrogen-bond acceptors (Lipinski definition) is 3. The fourth-order valence-corrected chi connectivity index (χ4v) is 7.65. The Bertz CT molecular complexity index is 1300. The van der Waals surface area contributed by atoms with Gasteiger partial charge >= 0.3 is 0 Å². The van der Waals surface area contributed by atoms with Crippen LogP contribution < -0.4 is 0 Å². The number of likely N-dealkylation sites (tertiary alicyclic amines) is 2. The molecule has 2 aliphatic heterocycles. The van der Waals surface area contributed by atoms with Crippen molar-refractivity contribution in [1.82, 2.24) is 20.0 Å². The molecule has 2 aromatic carbocycles. The average Bonchev–Trinajstić information content (AvgIpc) is 3.30. The van der Waals surface area contributed by atoms with E-state index in [0.29, 0.717) is 17.5 Å². The smallest absolute Gasteiger partial charge is 0.275 e. The first-order valence-corrected chi connectivity index (χ1v) is 13.7. The molecule has 1 aromatic heterocycles. The highest BCUT2D eigenvalue weighted by atomic mass is 16.2. The van der Waals surface area contributed by atoms with Crippen molar-refractivity contribution in [2.45, 2.75) is 44.9 Å². The SMILES string of the molecule is O=C(c1n[nH]c2cc(-c3ccccc3)ccc12)N1CC2(C1)CN(C(=O)C1CCCC3CCCCC31)C2. The summed E-state index contributed by atoms with van der Waals surface area (Å²) in [6.45, 7) is 3.07. The lowest BCUT2D eigenvalue weighted by Gasteiger charge is -2.60. The van der Waals surface area contributed by atoms with Crippen LogP contribution in [0.15, 0.2) is 48.5 Å². The molecule has 6 nitrogen and oxygen atoms in total. The van der Waals surface area contributed by atoms with E-state index in [0.717, 1.165) is 60.5 Å². The van der Waals surface area contributed by atoms with Crippen LogP contribution >= 0.6 is 0 Å². The monoisotopic (exact) mass is 482 g/mol. The van der Waals surface area contributed by atoms with Gasteiger partial charge in [0.1, 0.15) is 0 Å². The number of nitrogens with zero attached hydrogens (tertiary/aromatic N) is 3. The Balaban J connectivity index is 0.986. The number of H-pyrrole nitrogens is 1. The molecule has 1 N–H and O–H groups in total. The van der Waals surface area contributed by atoms with Gasteiger partial charge in [0.25, 0.3) is 5.91 Å². The largest absolute Gasteiger partial charge is 0.341 e. The zero-order valence-corrected chi connectivity index (χ0v) is 20.8. The van der Waals surface area contributed by atoms with Gasteiger partial charge in [-0.05, 0) is 47.9 Å². The molecule has 3 aromatic rings. The van der Waals surface area contributed by atoms with Crippen molar-refractivity contribution < 1.29 is 9.59 Å².